The summed E-state index contributed by atoms with van der Waals surface area (Å²) in [5, 5.41) is 11.3. The molecule has 3 rings (SSSR count). The Hall–Kier alpha value is -2.63. The predicted octanol–water partition coefficient (Wildman–Crippen LogP) is 2.02. The highest BCUT2D eigenvalue weighted by Crippen LogP contribution is 2.19. The Bertz CT molecular complexity index is 721. The van der Waals surface area contributed by atoms with Crippen molar-refractivity contribution in [3.8, 4) is 0 Å². The van der Waals surface area contributed by atoms with E-state index in [4.69, 9.17) is 4.84 Å². The molecule has 1 atom stereocenters. The van der Waals surface area contributed by atoms with Gasteiger partial charge in [0.05, 0.1) is 11.9 Å². The van der Waals surface area contributed by atoms with Gasteiger partial charge in [-0.05, 0) is 19.4 Å². The van der Waals surface area contributed by atoms with E-state index in [1.807, 2.05) is 48.9 Å². The van der Waals surface area contributed by atoms with Gasteiger partial charge in [0.15, 0.2) is 0 Å². The number of aryl methyl sites for hydroxylation is 1. The highest BCUT2D eigenvalue weighted by atomic mass is 16.6. The SMILES string of the molecule is CCn1ncc(C2=NO[C@@H](C(=O)NCc3ccccc3)C2)c1C. The number of hydrogen-bond acceptors (Lipinski definition) is 4. The Kier molecular flexibility index (Phi) is 4.41. The normalized spacial score (nSPS) is 16.8. The lowest BCUT2D eigenvalue weighted by Gasteiger charge is -2.09. The number of nitrogens with zero attached hydrogens (tertiary/aromatic N) is 3. The van der Waals surface area contributed by atoms with Crippen LogP contribution in [-0.4, -0.2) is 27.5 Å². The van der Waals surface area contributed by atoms with Gasteiger partial charge in [0.1, 0.15) is 0 Å². The summed E-state index contributed by atoms with van der Waals surface area (Å²) in [5.41, 5.74) is 3.83. The number of benzene rings is 1. The summed E-state index contributed by atoms with van der Waals surface area (Å²) >= 11 is 0. The van der Waals surface area contributed by atoms with Crippen molar-refractivity contribution in [2.24, 2.45) is 5.16 Å². The number of rotatable bonds is 5. The molecule has 0 radical (unpaired) electrons. The number of carbonyl (C=O) groups excluding carboxylic acids is 1. The second-order valence-electron chi connectivity index (χ2n) is 5.50. The third kappa shape index (κ3) is 3.26. The molecule has 6 nitrogen and oxygen atoms in total. The molecule has 2 heterocycles. The zero-order chi connectivity index (χ0) is 16.2. The molecule has 23 heavy (non-hydrogen) atoms. The van der Waals surface area contributed by atoms with E-state index in [2.05, 4.69) is 15.6 Å². The van der Waals surface area contributed by atoms with E-state index in [-0.39, 0.29) is 5.91 Å². The van der Waals surface area contributed by atoms with Gasteiger partial charge < -0.3 is 10.2 Å². The second-order valence-corrected chi connectivity index (χ2v) is 5.50. The van der Waals surface area contributed by atoms with Crippen LogP contribution in [0, 0.1) is 6.92 Å². The first-order valence-electron chi connectivity index (χ1n) is 7.76. The Balaban J connectivity index is 1.58. The Labute approximate surface area is 135 Å². The predicted molar refractivity (Wildman–Crippen MR) is 87.0 cm³/mol. The van der Waals surface area contributed by atoms with Crippen LogP contribution < -0.4 is 5.32 Å². The molecule has 1 N–H and O–H groups in total. The average molecular weight is 312 g/mol. The van der Waals surface area contributed by atoms with Crippen molar-refractivity contribution >= 4 is 11.6 Å². The quantitative estimate of drug-likeness (QED) is 0.918. The number of aromatic nitrogens is 2. The van der Waals surface area contributed by atoms with Crippen LogP contribution in [0.3, 0.4) is 0 Å². The fourth-order valence-corrected chi connectivity index (χ4v) is 2.62. The zero-order valence-corrected chi connectivity index (χ0v) is 13.3. The van der Waals surface area contributed by atoms with Gasteiger partial charge in [-0.2, -0.15) is 5.10 Å². The van der Waals surface area contributed by atoms with Crippen LogP contribution in [0.5, 0.6) is 0 Å². The van der Waals surface area contributed by atoms with Gasteiger partial charge in [-0.25, -0.2) is 0 Å². The van der Waals surface area contributed by atoms with Crippen molar-refractivity contribution in [3.05, 3.63) is 53.3 Å². The fraction of sp³-hybridized carbons (Fsp3) is 0.353. The van der Waals surface area contributed by atoms with Crippen LogP contribution in [0.2, 0.25) is 0 Å². The van der Waals surface area contributed by atoms with Gasteiger partial charge in [0.25, 0.3) is 5.91 Å². The van der Waals surface area contributed by atoms with E-state index in [1.165, 1.54) is 0 Å². The van der Waals surface area contributed by atoms with Gasteiger partial charge in [-0.15, -0.1) is 0 Å². The van der Waals surface area contributed by atoms with Crippen molar-refractivity contribution in [3.63, 3.8) is 0 Å². The minimum absolute atomic E-state index is 0.145. The highest BCUT2D eigenvalue weighted by Gasteiger charge is 2.30. The maximum absolute atomic E-state index is 12.2. The molecule has 1 aliphatic heterocycles. The summed E-state index contributed by atoms with van der Waals surface area (Å²) in [6, 6.07) is 9.79. The lowest BCUT2D eigenvalue weighted by molar-refractivity contribution is -0.131. The first kappa shape index (κ1) is 15.3. The van der Waals surface area contributed by atoms with Gasteiger partial charge in [0.2, 0.25) is 6.10 Å². The molecule has 2 aromatic rings. The van der Waals surface area contributed by atoms with E-state index >= 15 is 0 Å². The summed E-state index contributed by atoms with van der Waals surface area (Å²) in [7, 11) is 0. The van der Waals surface area contributed by atoms with Crippen molar-refractivity contribution < 1.29 is 9.63 Å². The number of oxime groups is 1. The standard InChI is InChI=1S/C17H20N4O2/c1-3-21-12(2)14(11-19-21)15-9-16(23-20-15)17(22)18-10-13-7-5-4-6-8-13/h4-8,11,16H,3,9-10H2,1-2H3,(H,18,22)/t16-/m1/s1. The smallest absolute Gasteiger partial charge is 0.264 e. The van der Waals surface area contributed by atoms with Gasteiger partial charge in [0, 0.05) is 30.8 Å². The molecule has 1 aromatic heterocycles. The molecular formula is C17H20N4O2. The number of amides is 1. The summed E-state index contributed by atoms with van der Waals surface area (Å²) in [5.74, 6) is -0.145. The van der Waals surface area contributed by atoms with Crippen LogP contribution >= 0.6 is 0 Å². The fourth-order valence-electron chi connectivity index (χ4n) is 2.62. The van der Waals surface area contributed by atoms with Crippen LogP contribution in [0.1, 0.15) is 30.2 Å². The first-order valence-corrected chi connectivity index (χ1v) is 7.76. The summed E-state index contributed by atoms with van der Waals surface area (Å²) < 4.78 is 1.90. The maximum Gasteiger partial charge on any atom is 0.264 e. The molecule has 0 spiro atoms. The molecule has 0 bridgehead atoms. The molecule has 0 saturated carbocycles. The molecule has 1 aromatic carbocycles. The average Bonchev–Trinajstić information content (AvgIpc) is 3.20. The minimum Gasteiger partial charge on any atom is -0.382 e. The van der Waals surface area contributed by atoms with Crippen molar-refractivity contribution in [1.82, 2.24) is 15.1 Å². The van der Waals surface area contributed by atoms with Gasteiger partial charge >= 0.3 is 0 Å². The summed E-state index contributed by atoms with van der Waals surface area (Å²) in [6.07, 6.45) is 1.68. The van der Waals surface area contributed by atoms with Crippen molar-refractivity contribution in [2.75, 3.05) is 0 Å². The first-order chi connectivity index (χ1) is 11.2. The van der Waals surface area contributed by atoms with Crippen LogP contribution in [0.15, 0.2) is 41.7 Å². The van der Waals surface area contributed by atoms with Gasteiger partial charge in [-0.3, -0.25) is 9.48 Å². The zero-order valence-electron chi connectivity index (χ0n) is 13.3. The van der Waals surface area contributed by atoms with E-state index in [0.29, 0.717) is 13.0 Å². The Morgan fingerprint density at radius 1 is 1.39 bits per heavy atom. The number of carbonyl (C=O) groups is 1. The van der Waals surface area contributed by atoms with Crippen molar-refractivity contribution in [1.29, 1.82) is 0 Å². The number of nitrogens with one attached hydrogen (secondary N) is 1. The van der Waals surface area contributed by atoms with Crippen molar-refractivity contribution in [2.45, 2.75) is 39.5 Å². The molecule has 0 unspecified atom stereocenters. The molecule has 0 fully saturated rings. The highest BCUT2D eigenvalue weighted by molar-refractivity contribution is 6.04. The molecule has 0 aliphatic carbocycles. The van der Waals surface area contributed by atoms with Crippen LogP contribution in [0.25, 0.3) is 0 Å². The van der Waals surface area contributed by atoms with E-state index < -0.39 is 6.10 Å². The molecular weight excluding hydrogens is 292 g/mol. The molecule has 1 amide bonds. The third-order valence-corrected chi connectivity index (χ3v) is 3.98. The largest absolute Gasteiger partial charge is 0.382 e. The van der Waals surface area contributed by atoms with E-state index in [1.54, 1.807) is 6.20 Å². The molecule has 1 aliphatic rings. The topological polar surface area (TPSA) is 68.5 Å². The minimum atomic E-state index is -0.571. The Morgan fingerprint density at radius 3 is 2.87 bits per heavy atom. The van der Waals surface area contributed by atoms with Crippen LogP contribution in [-0.2, 0) is 22.7 Å². The molecule has 6 heteroatoms. The number of hydrogen-bond donors (Lipinski definition) is 1. The van der Waals surface area contributed by atoms with E-state index in [0.717, 1.165) is 29.1 Å². The molecule has 120 valence electrons. The monoisotopic (exact) mass is 312 g/mol. The lowest BCUT2D eigenvalue weighted by Crippen LogP contribution is -2.34. The lowest BCUT2D eigenvalue weighted by atomic mass is 10.1. The summed E-state index contributed by atoms with van der Waals surface area (Å²) in [6.45, 7) is 5.33. The van der Waals surface area contributed by atoms with Crippen LogP contribution in [0.4, 0.5) is 0 Å². The second kappa shape index (κ2) is 6.64. The maximum atomic E-state index is 12.2. The van der Waals surface area contributed by atoms with Gasteiger partial charge in [-0.1, -0.05) is 35.5 Å². The van der Waals surface area contributed by atoms with E-state index in [9.17, 15) is 4.79 Å². The molecule has 0 saturated heterocycles. The summed E-state index contributed by atoms with van der Waals surface area (Å²) in [4.78, 5) is 17.5. The third-order valence-electron chi connectivity index (χ3n) is 3.98. The Morgan fingerprint density at radius 2 is 2.17 bits per heavy atom.